The summed E-state index contributed by atoms with van der Waals surface area (Å²) in [6.45, 7) is 5.66. The summed E-state index contributed by atoms with van der Waals surface area (Å²) in [5.41, 5.74) is 7.26. The molecule has 0 unspecified atom stereocenters. The van der Waals surface area contributed by atoms with Crippen LogP contribution in [0.5, 0.6) is 0 Å². The fourth-order valence-electron chi connectivity index (χ4n) is 2.54. The topological polar surface area (TPSA) is 77.5 Å². The van der Waals surface area contributed by atoms with Crippen LogP contribution in [0.3, 0.4) is 0 Å². The normalized spacial score (nSPS) is 11.2. The molecule has 0 atom stereocenters. The van der Waals surface area contributed by atoms with Gasteiger partial charge in [-0.3, -0.25) is 0 Å². The fourth-order valence-corrected chi connectivity index (χ4v) is 2.54. The van der Waals surface area contributed by atoms with Gasteiger partial charge in [0.25, 0.3) is 0 Å². The first-order valence-corrected chi connectivity index (χ1v) is 8.95. The largest absolute Gasteiger partial charge is 0.382 e. The van der Waals surface area contributed by atoms with Crippen LogP contribution in [0.2, 0.25) is 0 Å². The van der Waals surface area contributed by atoms with Crippen molar-refractivity contribution in [2.24, 2.45) is 10.7 Å². The second-order valence-corrected chi connectivity index (χ2v) is 5.80. The molecule has 1 aromatic carbocycles. The Labute approximate surface area is 173 Å². The van der Waals surface area contributed by atoms with E-state index in [0.717, 1.165) is 51.4 Å². The molecule has 2 rings (SSSR count). The van der Waals surface area contributed by atoms with Gasteiger partial charge in [-0.1, -0.05) is 30.3 Å². The summed E-state index contributed by atoms with van der Waals surface area (Å²) in [7, 11) is 0. The Morgan fingerprint density at radius 3 is 2.85 bits per heavy atom. The maximum absolute atomic E-state index is 5.89. The zero-order valence-electron chi connectivity index (χ0n) is 15.4. The average Bonchev–Trinajstić information content (AvgIpc) is 3.08. The van der Waals surface area contributed by atoms with Crippen LogP contribution in [0.15, 0.2) is 47.7 Å². The summed E-state index contributed by atoms with van der Waals surface area (Å²) >= 11 is 0. The van der Waals surface area contributed by atoms with Crippen molar-refractivity contribution in [2.45, 2.75) is 39.3 Å². The lowest BCUT2D eigenvalue weighted by atomic mass is 10.1. The number of aliphatic imine (C=N–C) groups is 1. The predicted molar refractivity (Wildman–Crippen MR) is 117 cm³/mol. The maximum Gasteiger partial charge on any atom is 0.189 e. The zero-order chi connectivity index (χ0) is 17.7. The van der Waals surface area contributed by atoms with E-state index in [-0.39, 0.29) is 24.0 Å². The summed E-state index contributed by atoms with van der Waals surface area (Å²) in [6.07, 6.45) is 6.87. The van der Waals surface area contributed by atoms with Crippen LogP contribution in [0, 0.1) is 0 Å². The van der Waals surface area contributed by atoms with Crippen molar-refractivity contribution in [3.63, 3.8) is 0 Å². The second kappa shape index (κ2) is 13.6. The lowest BCUT2D eigenvalue weighted by Gasteiger charge is -2.08. The molecule has 0 bridgehead atoms. The zero-order valence-corrected chi connectivity index (χ0v) is 17.8. The Hall–Kier alpha value is -1.61. The van der Waals surface area contributed by atoms with E-state index in [2.05, 4.69) is 44.1 Å². The Kier molecular flexibility index (Phi) is 11.7. The van der Waals surface area contributed by atoms with Crippen molar-refractivity contribution in [1.29, 1.82) is 0 Å². The van der Waals surface area contributed by atoms with Crippen LogP contribution >= 0.6 is 24.0 Å². The number of hydrogen-bond donors (Lipinski definition) is 2. The predicted octanol–water partition coefficient (Wildman–Crippen LogP) is 2.96. The highest BCUT2D eigenvalue weighted by molar-refractivity contribution is 14.0. The van der Waals surface area contributed by atoms with E-state index in [1.54, 1.807) is 0 Å². The van der Waals surface area contributed by atoms with Crippen LogP contribution in [-0.4, -0.2) is 35.3 Å². The van der Waals surface area contributed by atoms with Crippen molar-refractivity contribution in [3.05, 3.63) is 54.1 Å². The van der Waals surface area contributed by atoms with E-state index in [1.165, 1.54) is 5.56 Å². The molecule has 0 aliphatic rings. The van der Waals surface area contributed by atoms with Gasteiger partial charge in [-0.2, -0.15) is 0 Å². The monoisotopic (exact) mass is 471 g/mol. The minimum Gasteiger partial charge on any atom is -0.382 e. The Morgan fingerprint density at radius 2 is 2.08 bits per heavy atom. The highest BCUT2D eigenvalue weighted by Crippen LogP contribution is 2.06. The minimum atomic E-state index is 0. The highest BCUT2D eigenvalue weighted by atomic mass is 127. The molecule has 0 radical (unpaired) electrons. The van der Waals surface area contributed by atoms with Gasteiger partial charge >= 0.3 is 0 Å². The third-order valence-corrected chi connectivity index (χ3v) is 3.88. The third kappa shape index (κ3) is 8.66. The molecular formula is C19H30IN5O. The van der Waals surface area contributed by atoms with E-state index < -0.39 is 0 Å². The molecule has 3 N–H and O–H groups in total. The Bertz CT molecular complexity index is 630. The van der Waals surface area contributed by atoms with Gasteiger partial charge < -0.3 is 20.4 Å². The summed E-state index contributed by atoms with van der Waals surface area (Å²) in [4.78, 5) is 8.76. The van der Waals surface area contributed by atoms with E-state index in [1.807, 2.05) is 25.4 Å². The molecule has 0 saturated carbocycles. The van der Waals surface area contributed by atoms with Gasteiger partial charge in [-0.15, -0.1) is 24.0 Å². The van der Waals surface area contributed by atoms with Crippen LogP contribution in [0.1, 0.15) is 31.2 Å². The van der Waals surface area contributed by atoms with Crippen molar-refractivity contribution in [2.75, 3.05) is 19.8 Å². The summed E-state index contributed by atoms with van der Waals surface area (Å²) in [6, 6.07) is 10.5. The molecule has 0 amide bonds. The highest BCUT2D eigenvalue weighted by Gasteiger charge is 2.03. The standard InChI is InChI=1S/C19H29N5O.HI/c1-2-25-15-7-11-22-19(20)23-16-18-21-12-14-24(18)13-6-10-17-8-4-3-5-9-17;/h3-5,8-9,12,14H,2,6-7,10-11,13,15-16H2,1H3,(H3,20,22,23);1H. The Balaban J connectivity index is 0.00000338. The molecule has 0 aliphatic heterocycles. The number of nitrogens with one attached hydrogen (secondary N) is 1. The fraction of sp³-hybridized carbons (Fsp3) is 0.474. The van der Waals surface area contributed by atoms with E-state index in [9.17, 15) is 0 Å². The molecule has 6 nitrogen and oxygen atoms in total. The lowest BCUT2D eigenvalue weighted by molar-refractivity contribution is 0.145. The van der Waals surface area contributed by atoms with Crippen LogP contribution in [0.25, 0.3) is 0 Å². The maximum atomic E-state index is 5.89. The number of nitrogens with zero attached hydrogens (tertiary/aromatic N) is 3. The van der Waals surface area contributed by atoms with Gasteiger partial charge in [-0.05, 0) is 31.7 Å². The number of rotatable bonds is 11. The number of halogens is 1. The van der Waals surface area contributed by atoms with Crippen LogP contribution in [-0.2, 0) is 24.2 Å². The van der Waals surface area contributed by atoms with Crippen molar-refractivity contribution >= 4 is 29.9 Å². The van der Waals surface area contributed by atoms with Gasteiger partial charge in [0.2, 0.25) is 0 Å². The summed E-state index contributed by atoms with van der Waals surface area (Å²) in [5, 5.41) is 3.10. The number of guanidine groups is 1. The number of hydrogen-bond acceptors (Lipinski definition) is 3. The molecule has 0 spiro atoms. The molecule has 1 aromatic heterocycles. The number of aryl methyl sites for hydroxylation is 2. The van der Waals surface area contributed by atoms with Crippen LogP contribution < -0.4 is 11.1 Å². The van der Waals surface area contributed by atoms with Gasteiger partial charge in [0.05, 0.1) is 0 Å². The minimum absolute atomic E-state index is 0. The van der Waals surface area contributed by atoms with Crippen LogP contribution in [0.4, 0.5) is 0 Å². The molecule has 2 aromatic rings. The quantitative estimate of drug-likeness (QED) is 0.229. The lowest BCUT2D eigenvalue weighted by Crippen LogP contribution is -2.33. The van der Waals surface area contributed by atoms with Gasteiger partial charge in [0.1, 0.15) is 12.4 Å². The number of imidazole rings is 1. The van der Waals surface area contributed by atoms with Crippen molar-refractivity contribution < 1.29 is 4.74 Å². The van der Waals surface area contributed by atoms with Gasteiger partial charge in [0, 0.05) is 38.7 Å². The first kappa shape index (κ1) is 22.4. The van der Waals surface area contributed by atoms with E-state index in [0.29, 0.717) is 12.5 Å². The molecule has 7 heteroatoms. The molecule has 26 heavy (non-hydrogen) atoms. The molecule has 0 fully saturated rings. The van der Waals surface area contributed by atoms with Gasteiger partial charge in [-0.25, -0.2) is 9.98 Å². The first-order chi connectivity index (χ1) is 12.3. The average molecular weight is 471 g/mol. The summed E-state index contributed by atoms with van der Waals surface area (Å²) in [5.74, 6) is 1.39. The first-order valence-electron chi connectivity index (χ1n) is 8.95. The third-order valence-electron chi connectivity index (χ3n) is 3.88. The number of aromatic nitrogens is 2. The van der Waals surface area contributed by atoms with Crippen molar-refractivity contribution in [3.8, 4) is 0 Å². The second-order valence-electron chi connectivity index (χ2n) is 5.80. The van der Waals surface area contributed by atoms with E-state index in [4.69, 9.17) is 10.5 Å². The van der Waals surface area contributed by atoms with Gasteiger partial charge in [0.15, 0.2) is 5.96 Å². The number of benzene rings is 1. The Morgan fingerprint density at radius 1 is 1.27 bits per heavy atom. The SMILES string of the molecule is CCOCCCNC(N)=NCc1nccn1CCCc1ccccc1.I. The summed E-state index contributed by atoms with van der Waals surface area (Å²) < 4.78 is 7.43. The van der Waals surface area contributed by atoms with Crippen molar-refractivity contribution in [1.82, 2.24) is 14.9 Å². The molecule has 0 saturated heterocycles. The molecule has 144 valence electrons. The number of ether oxygens (including phenoxy) is 1. The molecule has 1 heterocycles. The number of nitrogens with two attached hydrogens (primary N) is 1. The van der Waals surface area contributed by atoms with E-state index >= 15 is 0 Å². The molecular weight excluding hydrogens is 441 g/mol. The molecule has 0 aliphatic carbocycles. The smallest absolute Gasteiger partial charge is 0.189 e.